The second kappa shape index (κ2) is 8.04. The van der Waals surface area contributed by atoms with E-state index in [1.807, 2.05) is 72.4 Å². The van der Waals surface area contributed by atoms with Crippen molar-refractivity contribution in [3.8, 4) is 11.5 Å². The van der Waals surface area contributed by atoms with E-state index in [0.717, 1.165) is 17.1 Å². The zero-order chi connectivity index (χ0) is 19.3. The number of imidazole rings is 1. The molecule has 0 radical (unpaired) electrons. The van der Waals surface area contributed by atoms with Crippen LogP contribution in [0.1, 0.15) is 17.4 Å². The number of ether oxygens (including phenoxy) is 2. The molecule has 2 aromatic carbocycles. The van der Waals surface area contributed by atoms with E-state index in [1.165, 1.54) is 0 Å². The first-order valence-electron chi connectivity index (χ1n) is 9.16. The van der Waals surface area contributed by atoms with Crippen molar-refractivity contribution >= 4 is 6.03 Å². The molecule has 2 amide bonds. The molecule has 4 rings (SSSR count). The van der Waals surface area contributed by atoms with Crippen molar-refractivity contribution in [2.45, 2.75) is 12.1 Å². The third-order valence-corrected chi connectivity index (χ3v) is 4.58. The van der Waals surface area contributed by atoms with Gasteiger partial charge < -0.3 is 24.7 Å². The minimum absolute atomic E-state index is 0.246. The number of carbonyl (C=O) groups excluding carboxylic acids is 1. The van der Waals surface area contributed by atoms with Gasteiger partial charge in [0.25, 0.3) is 0 Å². The Morgan fingerprint density at radius 2 is 1.93 bits per heavy atom. The quantitative estimate of drug-likeness (QED) is 0.716. The number of fused-ring (bicyclic) bond motifs is 1. The van der Waals surface area contributed by atoms with Gasteiger partial charge in [-0.2, -0.15) is 0 Å². The van der Waals surface area contributed by atoms with Crippen LogP contribution in [-0.2, 0) is 7.05 Å². The molecule has 3 aromatic rings. The third-order valence-electron chi connectivity index (χ3n) is 4.58. The molecule has 0 saturated carbocycles. The Morgan fingerprint density at radius 1 is 1.18 bits per heavy atom. The number of nitrogens with one attached hydrogen (secondary N) is 2. The number of aromatic nitrogens is 2. The van der Waals surface area contributed by atoms with Crippen LogP contribution in [0.15, 0.2) is 67.0 Å². The fourth-order valence-electron chi connectivity index (χ4n) is 3.15. The van der Waals surface area contributed by atoms with E-state index < -0.39 is 0 Å². The fraction of sp³-hybridized carbons (Fsp3) is 0.238. The molecule has 1 aliphatic rings. The number of amides is 2. The number of rotatable bonds is 5. The summed E-state index contributed by atoms with van der Waals surface area (Å²) >= 11 is 0. The van der Waals surface area contributed by atoms with Gasteiger partial charge in [0.15, 0.2) is 17.6 Å². The summed E-state index contributed by atoms with van der Waals surface area (Å²) in [6.07, 6.45) is 3.33. The van der Waals surface area contributed by atoms with Crippen molar-refractivity contribution in [1.29, 1.82) is 0 Å². The Kier molecular flexibility index (Phi) is 5.14. The van der Waals surface area contributed by atoms with Gasteiger partial charge in [-0.25, -0.2) is 9.78 Å². The van der Waals surface area contributed by atoms with Gasteiger partial charge in [0.2, 0.25) is 0 Å². The number of para-hydroxylation sites is 2. The number of urea groups is 1. The van der Waals surface area contributed by atoms with Gasteiger partial charge in [0.05, 0.1) is 6.54 Å². The molecule has 1 aliphatic heterocycles. The van der Waals surface area contributed by atoms with Crippen LogP contribution >= 0.6 is 0 Å². The van der Waals surface area contributed by atoms with E-state index in [-0.39, 0.29) is 18.2 Å². The second-order valence-corrected chi connectivity index (χ2v) is 6.59. The number of aryl methyl sites for hydroxylation is 1. The maximum absolute atomic E-state index is 12.6. The van der Waals surface area contributed by atoms with Gasteiger partial charge in [-0.3, -0.25) is 0 Å². The molecule has 7 heteroatoms. The Hall–Kier alpha value is -3.48. The van der Waals surface area contributed by atoms with E-state index in [0.29, 0.717) is 18.9 Å². The normalized spacial score (nSPS) is 16.2. The van der Waals surface area contributed by atoms with Gasteiger partial charge in [-0.05, 0) is 17.7 Å². The lowest BCUT2D eigenvalue weighted by molar-refractivity contribution is 0.0917. The van der Waals surface area contributed by atoms with Crippen LogP contribution in [0.25, 0.3) is 0 Å². The Bertz CT molecular complexity index is 942. The van der Waals surface area contributed by atoms with Gasteiger partial charge in [0, 0.05) is 19.4 Å². The molecule has 0 saturated heterocycles. The molecule has 28 heavy (non-hydrogen) atoms. The monoisotopic (exact) mass is 378 g/mol. The maximum atomic E-state index is 12.6. The van der Waals surface area contributed by atoms with Gasteiger partial charge in [0.1, 0.15) is 18.5 Å². The maximum Gasteiger partial charge on any atom is 0.315 e. The van der Waals surface area contributed by atoms with Crippen molar-refractivity contribution in [3.63, 3.8) is 0 Å². The number of hydrogen-bond donors (Lipinski definition) is 2. The lowest BCUT2D eigenvalue weighted by Gasteiger charge is -2.27. The van der Waals surface area contributed by atoms with E-state index in [4.69, 9.17) is 9.47 Å². The predicted molar refractivity (Wildman–Crippen MR) is 104 cm³/mol. The molecule has 0 fully saturated rings. The number of hydrogen-bond acceptors (Lipinski definition) is 4. The van der Waals surface area contributed by atoms with E-state index in [9.17, 15) is 4.79 Å². The number of nitrogens with zero attached hydrogens (tertiary/aromatic N) is 2. The van der Waals surface area contributed by atoms with E-state index in [2.05, 4.69) is 15.6 Å². The molecular weight excluding hydrogens is 356 g/mol. The molecule has 2 N–H and O–H groups in total. The summed E-state index contributed by atoms with van der Waals surface area (Å²) in [4.78, 5) is 17.0. The van der Waals surface area contributed by atoms with E-state index in [1.54, 1.807) is 6.20 Å². The van der Waals surface area contributed by atoms with Crippen LogP contribution in [0.5, 0.6) is 11.5 Å². The minimum Gasteiger partial charge on any atom is -0.486 e. The molecule has 0 spiro atoms. The average Bonchev–Trinajstić information content (AvgIpc) is 3.16. The van der Waals surface area contributed by atoms with Crippen molar-refractivity contribution < 1.29 is 14.3 Å². The molecule has 2 heterocycles. The topological polar surface area (TPSA) is 77.4 Å². The van der Waals surface area contributed by atoms with Gasteiger partial charge in [-0.15, -0.1) is 0 Å². The van der Waals surface area contributed by atoms with Crippen molar-refractivity contribution in [1.82, 2.24) is 20.2 Å². The summed E-state index contributed by atoms with van der Waals surface area (Å²) < 4.78 is 13.5. The standard InChI is InChI=1S/C21H22N4O3/c1-25-12-11-22-20(25)19(15-7-3-2-4-8-15)24-21(26)23-13-16-14-27-17-9-5-6-10-18(17)28-16/h2-12,16,19H,13-14H2,1H3,(H2,23,24,26). The van der Waals surface area contributed by atoms with Crippen LogP contribution in [-0.4, -0.2) is 34.8 Å². The smallest absolute Gasteiger partial charge is 0.315 e. The molecule has 7 nitrogen and oxygen atoms in total. The summed E-state index contributed by atoms with van der Waals surface area (Å²) in [5, 5.41) is 5.88. The summed E-state index contributed by atoms with van der Waals surface area (Å²) in [5.41, 5.74) is 0.957. The Labute approximate surface area is 163 Å². The highest BCUT2D eigenvalue weighted by Crippen LogP contribution is 2.30. The highest BCUT2D eigenvalue weighted by molar-refractivity contribution is 5.74. The molecular formula is C21H22N4O3. The van der Waals surface area contributed by atoms with Gasteiger partial charge in [-0.1, -0.05) is 42.5 Å². The minimum atomic E-state index is -0.356. The summed E-state index contributed by atoms with van der Waals surface area (Å²) in [7, 11) is 1.91. The van der Waals surface area contributed by atoms with Gasteiger partial charge >= 0.3 is 6.03 Å². The summed E-state index contributed by atoms with van der Waals surface area (Å²) in [6.45, 7) is 0.723. The highest BCUT2D eigenvalue weighted by Gasteiger charge is 2.23. The lowest BCUT2D eigenvalue weighted by Crippen LogP contribution is -2.45. The van der Waals surface area contributed by atoms with Crippen LogP contribution < -0.4 is 20.1 Å². The number of benzene rings is 2. The molecule has 0 bridgehead atoms. The van der Waals surface area contributed by atoms with Crippen LogP contribution in [0.3, 0.4) is 0 Å². The Morgan fingerprint density at radius 3 is 2.68 bits per heavy atom. The lowest BCUT2D eigenvalue weighted by atomic mass is 10.1. The van der Waals surface area contributed by atoms with Crippen LogP contribution in [0, 0.1) is 0 Å². The zero-order valence-electron chi connectivity index (χ0n) is 15.5. The molecule has 0 aliphatic carbocycles. The Balaban J connectivity index is 1.39. The molecule has 1 aromatic heterocycles. The molecule has 2 unspecified atom stereocenters. The average molecular weight is 378 g/mol. The van der Waals surface area contributed by atoms with Crippen molar-refractivity contribution in [2.75, 3.05) is 13.2 Å². The SMILES string of the molecule is Cn1ccnc1C(NC(=O)NCC1COc2ccccc2O1)c1ccccc1. The first-order chi connectivity index (χ1) is 13.7. The number of carbonyl (C=O) groups is 1. The first kappa shape index (κ1) is 17.9. The second-order valence-electron chi connectivity index (χ2n) is 6.59. The fourth-order valence-corrected chi connectivity index (χ4v) is 3.15. The zero-order valence-corrected chi connectivity index (χ0v) is 15.5. The predicted octanol–water partition coefficient (Wildman–Crippen LogP) is 2.65. The van der Waals surface area contributed by atoms with Crippen LogP contribution in [0.2, 0.25) is 0 Å². The first-order valence-corrected chi connectivity index (χ1v) is 9.16. The highest BCUT2D eigenvalue weighted by atomic mass is 16.6. The summed E-state index contributed by atoms with van der Waals surface area (Å²) in [6, 6.07) is 16.6. The summed E-state index contributed by atoms with van der Waals surface area (Å²) in [5.74, 6) is 2.17. The van der Waals surface area contributed by atoms with Crippen LogP contribution in [0.4, 0.5) is 4.79 Å². The third kappa shape index (κ3) is 3.93. The van der Waals surface area contributed by atoms with Crippen molar-refractivity contribution in [2.24, 2.45) is 7.05 Å². The largest absolute Gasteiger partial charge is 0.486 e. The van der Waals surface area contributed by atoms with Crippen molar-refractivity contribution in [3.05, 3.63) is 78.4 Å². The van der Waals surface area contributed by atoms with E-state index >= 15 is 0 Å². The molecule has 144 valence electrons. The molecule has 2 atom stereocenters.